The molecule has 1 fully saturated rings. The van der Waals surface area contributed by atoms with Gasteiger partial charge in [0.05, 0.1) is 0 Å². The van der Waals surface area contributed by atoms with Crippen molar-refractivity contribution in [2.24, 2.45) is 0 Å². The van der Waals surface area contributed by atoms with Crippen LogP contribution in [-0.2, 0) is 0 Å². The van der Waals surface area contributed by atoms with Gasteiger partial charge in [0.1, 0.15) is 0 Å². The Bertz CT molecular complexity index is 337. The molecule has 2 unspecified atom stereocenters. The summed E-state index contributed by atoms with van der Waals surface area (Å²) in [6.07, 6.45) is -6.58. The van der Waals surface area contributed by atoms with Gasteiger partial charge in [0, 0.05) is 0 Å². The third kappa shape index (κ3) is 1.10. The Kier molecular flexibility index (Phi) is 2.61. The molecule has 0 radical (unpaired) electrons. The van der Waals surface area contributed by atoms with Crippen LogP contribution in [0.2, 0.25) is 0 Å². The molecule has 0 aromatic carbocycles. The van der Waals surface area contributed by atoms with Crippen molar-refractivity contribution in [1.82, 2.24) is 0 Å². The molecular formula is C8H6F10. The lowest BCUT2D eigenvalue weighted by molar-refractivity contribution is -0.308. The van der Waals surface area contributed by atoms with Crippen LogP contribution in [0.1, 0.15) is 13.8 Å². The largest absolute Gasteiger partial charge is 0.429 e. The third-order valence-corrected chi connectivity index (χ3v) is 3.26. The number of rotatable bonds is 0. The van der Waals surface area contributed by atoms with Gasteiger partial charge >= 0.3 is 18.0 Å². The van der Waals surface area contributed by atoms with Gasteiger partial charge in [-0.25, -0.2) is 13.2 Å². The number of hydrogen-bond acceptors (Lipinski definition) is 0. The topological polar surface area (TPSA) is 0 Å². The molecule has 0 heterocycles. The van der Waals surface area contributed by atoms with E-state index in [9.17, 15) is 43.9 Å². The first-order valence-corrected chi connectivity index (χ1v) is 4.39. The van der Waals surface area contributed by atoms with Crippen molar-refractivity contribution in [2.75, 3.05) is 0 Å². The number of hydrogen-bond donors (Lipinski definition) is 0. The summed E-state index contributed by atoms with van der Waals surface area (Å²) in [7, 11) is 0. The van der Waals surface area contributed by atoms with E-state index in [1.807, 2.05) is 0 Å². The van der Waals surface area contributed by atoms with Gasteiger partial charge < -0.3 is 0 Å². The predicted octanol–water partition coefficient (Wildman–Crippen LogP) is 4.00. The van der Waals surface area contributed by atoms with Gasteiger partial charge in [-0.3, -0.25) is 0 Å². The maximum Gasteiger partial charge on any atom is 0.429 e. The quantitative estimate of drug-likeness (QED) is 0.592. The van der Waals surface area contributed by atoms with Gasteiger partial charge in [-0.15, -0.1) is 0 Å². The molecule has 0 amide bonds. The lowest BCUT2D eigenvalue weighted by atomic mass is 9.82. The fourth-order valence-electron chi connectivity index (χ4n) is 2.00. The van der Waals surface area contributed by atoms with E-state index in [1.165, 1.54) is 0 Å². The summed E-state index contributed by atoms with van der Waals surface area (Å²) in [4.78, 5) is 0. The zero-order valence-corrected chi connectivity index (χ0v) is 8.78. The van der Waals surface area contributed by atoms with Crippen LogP contribution in [0.3, 0.4) is 0 Å². The van der Waals surface area contributed by atoms with Gasteiger partial charge in [-0.05, 0) is 13.8 Å². The Balaban J connectivity index is 3.75. The van der Waals surface area contributed by atoms with Crippen LogP contribution in [-0.4, -0.2) is 35.0 Å². The van der Waals surface area contributed by atoms with Crippen molar-refractivity contribution in [1.29, 1.82) is 0 Å². The fourth-order valence-corrected chi connectivity index (χ4v) is 2.00. The minimum atomic E-state index is -6.58. The van der Waals surface area contributed by atoms with Gasteiger partial charge in [-0.2, -0.15) is 30.7 Å². The Hall–Kier alpha value is -0.700. The average molecular weight is 292 g/mol. The van der Waals surface area contributed by atoms with Crippen molar-refractivity contribution in [3.05, 3.63) is 0 Å². The normalized spacial score (nSPS) is 47.3. The minimum absolute atomic E-state index is 0.737. The van der Waals surface area contributed by atoms with E-state index >= 15 is 0 Å². The van der Waals surface area contributed by atoms with Crippen molar-refractivity contribution in [2.45, 2.75) is 48.9 Å². The zero-order chi connectivity index (χ0) is 15.0. The van der Waals surface area contributed by atoms with Crippen LogP contribution >= 0.6 is 0 Å². The minimum Gasteiger partial charge on any atom is -0.233 e. The van der Waals surface area contributed by atoms with Crippen molar-refractivity contribution in [3.8, 4) is 0 Å². The Morgan fingerprint density at radius 3 is 0.944 bits per heavy atom. The molecular weight excluding hydrogens is 286 g/mol. The van der Waals surface area contributed by atoms with Crippen LogP contribution in [0.25, 0.3) is 0 Å². The van der Waals surface area contributed by atoms with Gasteiger partial charge in [0.2, 0.25) is 11.3 Å². The predicted molar refractivity (Wildman–Crippen MR) is 38.8 cm³/mol. The smallest absolute Gasteiger partial charge is 0.233 e. The molecule has 1 saturated carbocycles. The molecule has 108 valence electrons. The molecule has 1 rings (SSSR count). The summed E-state index contributed by atoms with van der Waals surface area (Å²) >= 11 is 0. The second kappa shape index (κ2) is 3.06. The molecule has 0 aromatic heterocycles. The summed E-state index contributed by atoms with van der Waals surface area (Å²) in [5.41, 5.74) is -16.9. The highest BCUT2D eigenvalue weighted by atomic mass is 19.4. The monoisotopic (exact) mass is 292 g/mol. The maximum atomic E-state index is 13.5. The van der Waals surface area contributed by atoms with Crippen LogP contribution < -0.4 is 0 Å². The molecule has 0 nitrogen and oxygen atoms in total. The molecule has 10 heteroatoms. The summed E-state index contributed by atoms with van der Waals surface area (Å²) in [5.74, 6) is -12.3. The van der Waals surface area contributed by atoms with Crippen LogP contribution in [0.4, 0.5) is 43.9 Å². The van der Waals surface area contributed by atoms with Gasteiger partial charge in [0.15, 0.2) is 0 Å². The lowest BCUT2D eigenvalue weighted by Crippen LogP contribution is -2.64. The van der Waals surface area contributed by atoms with E-state index in [4.69, 9.17) is 0 Å². The SMILES string of the molecule is CC1(F)C(F)(F)C(F)(F)C(C)(F)C1(F)C(F)(F)F. The first-order chi connectivity index (χ1) is 7.50. The molecule has 2 atom stereocenters. The molecule has 0 spiro atoms. The molecule has 0 N–H and O–H groups in total. The first kappa shape index (κ1) is 15.4. The molecule has 1 aliphatic carbocycles. The lowest BCUT2D eigenvalue weighted by Gasteiger charge is -2.37. The van der Waals surface area contributed by atoms with Gasteiger partial charge in [-0.1, -0.05) is 0 Å². The summed E-state index contributed by atoms with van der Waals surface area (Å²) in [6, 6.07) is 0. The Labute approximate surface area is 93.9 Å². The van der Waals surface area contributed by atoms with Gasteiger partial charge in [0.25, 0.3) is 5.67 Å². The summed E-state index contributed by atoms with van der Waals surface area (Å²) in [6.45, 7) is -1.47. The number of halogens is 10. The third-order valence-electron chi connectivity index (χ3n) is 3.26. The first-order valence-electron chi connectivity index (χ1n) is 4.39. The molecule has 0 aliphatic heterocycles. The summed E-state index contributed by atoms with van der Waals surface area (Å²) in [5, 5.41) is 0. The van der Waals surface area contributed by atoms with Crippen molar-refractivity contribution < 1.29 is 43.9 Å². The van der Waals surface area contributed by atoms with E-state index < -0.39 is 48.9 Å². The standard InChI is InChI=1S/C8H6F10/c1-3(9)5(11,8(16,17)18)4(2,10)7(14,15)6(3,12)13/h1-2H3. The molecule has 18 heavy (non-hydrogen) atoms. The van der Waals surface area contributed by atoms with E-state index in [0.29, 0.717) is 0 Å². The maximum absolute atomic E-state index is 13.5. The highest BCUT2D eigenvalue weighted by Gasteiger charge is 3.00. The Morgan fingerprint density at radius 1 is 0.611 bits per heavy atom. The van der Waals surface area contributed by atoms with E-state index in [-0.39, 0.29) is 0 Å². The van der Waals surface area contributed by atoms with Crippen LogP contribution in [0.15, 0.2) is 0 Å². The fraction of sp³-hybridized carbons (Fsp3) is 1.00. The second-order valence-corrected chi connectivity index (χ2v) is 4.31. The summed E-state index contributed by atoms with van der Waals surface area (Å²) < 4.78 is 129. The highest BCUT2D eigenvalue weighted by Crippen LogP contribution is 2.71. The van der Waals surface area contributed by atoms with Crippen molar-refractivity contribution in [3.63, 3.8) is 0 Å². The van der Waals surface area contributed by atoms with Crippen LogP contribution in [0.5, 0.6) is 0 Å². The zero-order valence-electron chi connectivity index (χ0n) is 8.78. The van der Waals surface area contributed by atoms with E-state index in [0.717, 1.165) is 0 Å². The second-order valence-electron chi connectivity index (χ2n) is 4.31. The Morgan fingerprint density at radius 2 is 0.833 bits per heavy atom. The van der Waals surface area contributed by atoms with E-state index in [1.54, 1.807) is 0 Å². The molecule has 0 saturated heterocycles. The van der Waals surface area contributed by atoms with Crippen LogP contribution in [0, 0.1) is 0 Å². The van der Waals surface area contributed by atoms with Crippen molar-refractivity contribution >= 4 is 0 Å². The highest BCUT2D eigenvalue weighted by molar-refractivity contribution is 5.33. The molecule has 0 aromatic rings. The van der Waals surface area contributed by atoms with E-state index in [2.05, 4.69) is 0 Å². The average Bonchev–Trinajstić information content (AvgIpc) is 2.16. The molecule has 0 bridgehead atoms. The number of alkyl halides is 10. The molecule has 1 aliphatic rings.